The molecule has 0 bridgehead atoms. The van der Waals surface area contributed by atoms with E-state index in [1.54, 1.807) is 11.8 Å². The van der Waals surface area contributed by atoms with Crippen LogP contribution in [-0.4, -0.2) is 47.7 Å². The molecular formula is C16H24ClN5S. The van der Waals surface area contributed by atoms with Gasteiger partial charge in [0.15, 0.2) is 0 Å². The first-order valence-corrected chi connectivity index (χ1v) is 9.96. The lowest BCUT2D eigenvalue weighted by molar-refractivity contribution is 0.00767. The van der Waals surface area contributed by atoms with E-state index in [-0.39, 0.29) is 23.3 Å². The maximum absolute atomic E-state index is 6.57. The number of thioether (sulfide) groups is 1. The van der Waals surface area contributed by atoms with Crippen LogP contribution in [0.3, 0.4) is 0 Å². The summed E-state index contributed by atoms with van der Waals surface area (Å²) < 4.78 is 0. The summed E-state index contributed by atoms with van der Waals surface area (Å²) in [5.41, 5.74) is 5.20. The van der Waals surface area contributed by atoms with Crippen molar-refractivity contribution in [2.75, 3.05) is 19.3 Å². The van der Waals surface area contributed by atoms with E-state index < -0.39 is 0 Å². The van der Waals surface area contributed by atoms with E-state index >= 15 is 0 Å². The average molecular weight is 354 g/mol. The lowest BCUT2D eigenvalue weighted by atomic mass is 9.78. The molecule has 6 atom stereocenters. The Morgan fingerprint density at radius 2 is 2.09 bits per heavy atom. The third kappa shape index (κ3) is 3.26. The van der Waals surface area contributed by atoms with Gasteiger partial charge in [-0.25, -0.2) is 10.4 Å². The first-order chi connectivity index (χ1) is 11.2. The van der Waals surface area contributed by atoms with Gasteiger partial charge >= 0.3 is 0 Å². The Labute approximate surface area is 146 Å². The fraction of sp³-hybridized carbons (Fsp3) is 0.625. The molecule has 4 N–H and O–H groups in total. The fourth-order valence-electron chi connectivity index (χ4n) is 3.99. The smallest absolute Gasteiger partial charge is 0.129 e. The van der Waals surface area contributed by atoms with Gasteiger partial charge in [-0.3, -0.25) is 16.0 Å². The van der Waals surface area contributed by atoms with Gasteiger partial charge in [0.1, 0.15) is 11.8 Å². The lowest BCUT2D eigenvalue weighted by Crippen LogP contribution is -2.70. The van der Waals surface area contributed by atoms with Crippen LogP contribution in [-0.2, 0) is 6.42 Å². The Morgan fingerprint density at radius 1 is 1.26 bits per heavy atom. The largest absolute Gasteiger partial charge is 0.300 e. The zero-order valence-electron chi connectivity index (χ0n) is 13.2. The Bertz CT molecular complexity index is 532. The van der Waals surface area contributed by atoms with Gasteiger partial charge in [0.05, 0.1) is 5.50 Å². The monoisotopic (exact) mass is 353 g/mol. The van der Waals surface area contributed by atoms with Crippen molar-refractivity contribution in [3.8, 4) is 0 Å². The average Bonchev–Trinajstić information content (AvgIpc) is 2.99. The second kappa shape index (κ2) is 6.88. The molecule has 0 spiro atoms. The van der Waals surface area contributed by atoms with Gasteiger partial charge in [0.25, 0.3) is 0 Å². The topological polar surface area (TPSA) is 51.4 Å². The fourth-order valence-corrected chi connectivity index (χ4v) is 4.84. The van der Waals surface area contributed by atoms with Gasteiger partial charge in [-0.15, -0.1) is 23.4 Å². The maximum Gasteiger partial charge on any atom is 0.129 e. The van der Waals surface area contributed by atoms with Crippen molar-refractivity contribution >= 4 is 23.4 Å². The number of nitrogens with zero attached hydrogens (tertiary/aromatic N) is 1. The Hall–Kier alpha value is -0.340. The molecule has 1 aromatic carbocycles. The van der Waals surface area contributed by atoms with Gasteiger partial charge in [0, 0.05) is 19.1 Å². The summed E-state index contributed by atoms with van der Waals surface area (Å²) in [5.74, 6) is 1.12. The Kier molecular flexibility index (Phi) is 4.83. The second-order valence-electron chi connectivity index (χ2n) is 6.58. The van der Waals surface area contributed by atoms with Gasteiger partial charge in [-0.1, -0.05) is 30.3 Å². The maximum atomic E-state index is 6.57. The van der Waals surface area contributed by atoms with E-state index in [0.717, 1.165) is 19.5 Å². The first-order valence-electron chi connectivity index (χ1n) is 8.23. The molecule has 126 valence electrons. The molecule has 3 fully saturated rings. The van der Waals surface area contributed by atoms with Crippen LogP contribution < -0.4 is 21.4 Å². The summed E-state index contributed by atoms with van der Waals surface area (Å²) in [6.07, 6.45) is 3.37. The van der Waals surface area contributed by atoms with Crippen LogP contribution in [0.1, 0.15) is 5.56 Å². The second-order valence-corrected chi connectivity index (χ2v) is 8.00. The van der Waals surface area contributed by atoms with E-state index in [2.05, 4.69) is 63.0 Å². The molecule has 23 heavy (non-hydrogen) atoms. The molecule has 0 radical (unpaired) electrons. The molecule has 6 unspecified atom stereocenters. The summed E-state index contributed by atoms with van der Waals surface area (Å²) in [6.45, 7) is 2.00. The zero-order chi connectivity index (χ0) is 15.8. The van der Waals surface area contributed by atoms with Crippen LogP contribution in [0.2, 0.25) is 0 Å². The number of hydrogen-bond donors (Lipinski definition) is 4. The van der Waals surface area contributed by atoms with Gasteiger partial charge in [0.2, 0.25) is 0 Å². The molecule has 0 saturated carbocycles. The number of fused-ring (bicyclic) bond motifs is 2. The molecule has 4 rings (SSSR count). The SMILES string of the molecule is CSC1NC2NC3C(Cl)NCC(Cc4ccccc4)C3CN2N1. The van der Waals surface area contributed by atoms with Gasteiger partial charge in [-0.05, 0) is 30.1 Å². The number of halogens is 1. The summed E-state index contributed by atoms with van der Waals surface area (Å²) >= 11 is 8.36. The molecule has 5 nitrogen and oxygen atoms in total. The third-order valence-corrected chi connectivity index (χ3v) is 6.33. The number of hydrogen-bond acceptors (Lipinski definition) is 6. The number of rotatable bonds is 3. The van der Waals surface area contributed by atoms with Crippen LogP contribution in [0.15, 0.2) is 30.3 Å². The van der Waals surface area contributed by atoms with Crippen molar-refractivity contribution in [2.24, 2.45) is 11.8 Å². The summed E-state index contributed by atoms with van der Waals surface area (Å²) in [6, 6.07) is 11.1. The van der Waals surface area contributed by atoms with Gasteiger partial charge < -0.3 is 0 Å². The summed E-state index contributed by atoms with van der Waals surface area (Å²) in [5, 5.41) is 13.0. The normalized spacial score (nSPS) is 40.6. The molecule has 3 saturated heterocycles. The minimum Gasteiger partial charge on any atom is -0.300 e. The highest BCUT2D eigenvalue weighted by molar-refractivity contribution is 7.99. The number of benzene rings is 1. The predicted molar refractivity (Wildman–Crippen MR) is 95.8 cm³/mol. The molecule has 3 heterocycles. The number of alkyl halides is 1. The van der Waals surface area contributed by atoms with Crippen LogP contribution >= 0.6 is 23.4 Å². The van der Waals surface area contributed by atoms with Crippen LogP contribution in [0.4, 0.5) is 0 Å². The van der Waals surface area contributed by atoms with Crippen molar-refractivity contribution in [2.45, 2.75) is 29.8 Å². The van der Waals surface area contributed by atoms with Gasteiger partial charge in [-0.2, -0.15) is 0 Å². The van der Waals surface area contributed by atoms with Crippen molar-refractivity contribution < 1.29 is 0 Å². The van der Waals surface area contributed by atoms with Crippen molar-refractivity contribution in [3.63, 3.8) is 0 Å². The van der Waals surface area contributed by atoms with Crippen molar-refractivity contribution in [1.29, 1.82) is 0 Å². The Balaban J connectivity index is 1.50. The third-order valence-electron chi connectivity index (χ3n) is 5.20. The van der Waals surface area contributed by atoms with E-state index in [0.29, 0.717) is 11.8 Å². The molecule has 0 amide bonds. The first kappa shape index (κ1) is 16.1. The minimum atomic E-state index is -0.00990. The highest BCUT2D eigenvalue weighted by Gasteiger charge is 2.47. The summed E-state index contributed by atoms with van der Waals surface area (Å²) in [7, 11) is 0. The number of hydrazine groups is 1. The van der Waals surface area contributed by atoms with E-state index in [1.165, 1.54) is 5.56 Å². The quantitative estimate of drug-likeness (QED) is 0.479. The predicted octanol–water partition coefficient (Wildman–Crippen LogP) is 0.941. The van der Waals surface area contributed by atoms with Crippen molar-refractivity contribution in [3.05, 3.63) is 35.9 Å². The zero-order valence-corrected chi connectivity index (χ0v) is 14.8. The highest BCUT2D eigenvalue weighted by Crippen LogP contribution is 2.32. The van der Waals surface area contributed by atoms with Crippen LogP contribution in [0, 0.1) is 11.8 Å². The number of piperidine rings is 1. The minimum absolute atomic E-state index is 0.00990. The number of nitrogens with one attached hydrogen (secondary N) is 4. The molecule has 0 aromatic heterocycles. The molecule has 1 aromatic rings. The molecule has 0 aliphatic carbocycles. The lowest BCUT2D eigenvalue weighted by Gasteiger charge is -2.49. The highest BCUT2D eigenvalue weighted by atomic mass is 35.5. The molecule has 3 aliphatic rings. The van der Waals surface area contributed by atoms with Crippen molar-refractivity contribution in [1.82, 2.24) is 26.4 Å². The molecule has 7 heteroatoms. The van der Waals surface area contributed by atoms with E-state index in [9.17, 15) is 0 Å². The van der Waals surface area contributed by atoms with E-state index in [1.807, 2.05) is 0 Å². The summed E-state index contributed by atoms with van der Waals surface area (Å²) in [4.78, 5) is 0. The standard InChI is InChI=1S/C16H24ClN5S/c1-23-16-20-15-19-13-12(9-22(15)21-16)11(8-18-14(13)17)7-10-5-3-2-4-6-10/h2-6,11-16,18-21H,7-9H2,1H3. The Morgan fingerprint density at radius 3 is 2.87 bits per heavy atom. The van der Waals surface area contributed by atoms with Crippen LogP contribution in [0.5, 0.6) is 0 Å². The molecular weight excluding hydrogens is 330 g/mol. The van der Waals surface area contributed by atoms with E-state index in [4.69, 9.17) is 11.6 Å². The van der Waals surface area contributed by atoms with Crippen LogP contribution in [0.25, 0.3) is 0 Å². The molecule has 3 aliphatic heterocycles.